The molecule has 174 valence electrons. The highest BCUT2D eigenvalue weighted by Gasteiger charge is 2.50. The highest BCUT2D eigenvalue weighted by atomic mass is 16.3. The van der Waals surface area contributed by atoms with Gasteiger partial charge < -0.3 is 15.3 Å². The van der Waals surface area contributed by atoms with Gasteiger partial charge in [-0.15, -0.1) is 0 Å². The molecule has 7 atom stereocenters. The lowest BCUT2D eigenvalue weighted by molar-refractivity contribution is 0.0607. The van der Waals surface area contributed by atoms with Crippen LogP contribution in [0.5, 0.6) is 0 Å². The summed E-state index contributed by atoms with van der Waals surface area (Å²) in [6.07, 6.45) is 14.6. The molecule has 0 bridgehead atoms. The first kappa shape index (κ1) is 24.5. The molecule has 0 radical (unpaired) electrons. The molecule has 3 N–H and O–H groups in total. The molecule has 0 spiro atoms. The van der Waals surface area contributed by atoms with Gasteiger partial charge in [0.15, 0.2) is 0 Å². The van der Waals surface area contributed by atoms with Gasteiger partial charge in [0, 0.05) is 6.42 Å². The zero-order valence-corrected chi connectivity index (χ0v) is 20.3. The van der Waals surface area contributed by atoms with Crippen molar-refractivity contribution in [2.24, 2.45) is 29.1 Å². The lowest BCUT2D eigenvalue weighted by Gasteiger charge is -2.44. The molecule has 0 unspecified atom stereocenters. The third-order valence-corrected chi connectivity index (χ3v) is 8.84. The van der Waals surface area contributed by atoms with Crippen molar-refractivity contribution in [1.29, 1.82) is 0 Å². The van der Waals surface area contributed by atoms with Crippen LogP contribution in [0.4, 0.5) is 0 Å². The van der Waals surface area contributed by atoms with Gasteiger partial charge in [-0.3, -0.25) is 0 Å². The van der Waals surface area contributed by atoms with E-state index in [2.05, 4.69) is 52.5 Å². The number of aliphatic hydroxyl groups excluding tert-OH is 2. The van der Waals surface area contributed by atoms with Crippen LogP contribution in [0.3, 0.4) is 0 Å². The second-order valence-corrected chi connectivity index (χ2v) is 11.3. The quantitative estimate of drug-likeness (QED) is 0.490. The van der Waals surface area contributed by atoms with Crippen molar-refractivity contribution in [2.75, 3.05) is 0 Å². The minimum absolute atomic E-state index is 0.201. The van der Waals surface area contributed by atoms with Gasteiger partial charge in [0.05, 0.1) is 17.8 Å². The van der Waals surface area contributed by atoms with Gasteiger partial charge in [0.2, 0.25) is 0 Å². The van der Waals surface area contributed by atoms with Crippen LogP contribution in [0.25, 0.3) is 0 Å². The molecular weight excluding hydrogens is 384 g/mol. The van der Waals surface area contributed by atoms with Gasteiger partial charge >= 0.3 is 0 Å². The van der Waals surface area contributed by atoms with Crippen LogP contribution in [0.1, 0.15) is 79.6 Å². The minimum Gasteiger partial charge on any atom is -0.393 e. The summed E-state index contributed by atoms with van der Waals surface area (Å²) in [5, 5.41) is 30.8. The lowest BCUT2D eigenvalue weighted by atomic mass is 9.61. The molecule has 31 heavy (non-hydrogen) atoms. The van der Waals surface area contributed by atoms with Crippen molar-refractivity contribution in [3.05, 3.63) is 47.6 Å². The normalized spacial score (nSPS) is 40.0. The molecule has 3 fully saturated rings. The Bertz CT molecular complexity index is 756. The van der Waals surface area contributed by atoms with Crippen LogP contribution >= 0.6 is 0 Å². The van der Waals surface area contributed by atoms with Gasteiger partial charge in [-0.1, -0.05) is 64.2 Å². The summed E-state index contributed by atoms with van der Waals surface area (Å²) >= 11 is 0. The van der Waals surface area contributed by atoms with Gasteiger partial charge in [-0.2, -0.15) is 0 Å². The maximum atomic E-state index is 10.6. The number of rotatable bonds is 5. The lowest BCUT2D eigenvalue weighted by Crippen LogP contribution is -2.36. The van der Waals surface area contributed by atoms with E-state index in [-0.39, 0.29) is 5.92 Å². The Labute approximate surface area is 189 Å². The molecule has 3 nitrogen and oxygen atoms in total. The van der Waals surface area contributed by atoms with Gasteiger partial charge in [-0.05, 0) is 85.7 Å². The van der Waals surface area contributed by atoms with E-state index in [0.29, 0.717) is 36.0 Å². The average molecular weight is 429 g/mol. The van der Waals surface area contributed by atoms with E-state index in [4.69, 9.17) is 0 Å². The molecule has 3 saturated carbocycles. The fraction of sp³-hybridized carbons (Fsp3) is 0.714. The van der Waals surface area contributed by atoms with E-state index in [1.54, 1.807) is 0 Å². The highest BCUT2D eigenvalue weighted by Crippen LogP contribution is 2.59. The summed E-state index contributed by atoms with van der Waals surface area (Å²) in [6, 6.07) is 0. The molecule has 0 aliphatic heterocycles. The zero-order valence-electron chi connectivity index (χ0n) is 20.3. The third kappa shape index (κ3) is 5.10. The maximum Gasteiger partial charge on any atom is 0.0822 e. The summed E-state index contributed by atoms with van der Waals surface area (Å²) in [4.78, 5) is 0. The summed E-state index contributed by atoms with van der Waals surface area (Å²) in [6.45, 7) is 14.9. The first-order chi connectivity index (χ1) is 14.5. The Balaban J connectivity index is 1.78. The van der Waals surface area contributed by atoms with Crippen molar-refractivity contribution < 1.29 is 15.3 Å². The molecule has 0 aromatic carbocycles. The number of fused-ring (bicyclic) bond motifs is 1. The third-order valence-electron chi connectivity index (χ3n) is 8.84. The average Bonchev–Trinajstić information content (AvgIpc) is 3.05. The van der Waals surface area contributed by atoms with E-state index in [1.165, 1.54) is 31.3 Å². The smallest absolute Gasteiger partial charge is 0.0822 e. The minimum atomic E-state index is -0.755. The fourth-order valence-corrected chi connectivity index (χ4v) is 6.28. The van der Waals surface area contributed by atoms with Gasteiger partial charge in [0.1, 0.15) is 0 Å². The van der Waals surface area contributed by atoms with E-state index < -0.39 is 17.8 Å². The fourth-order valence-electron chi connectivity index (χ4n) is 6.28. The molecule has 3 aliphatic rings. The predicted octanol–water partition coefficient (Wildman–Crippen LogP) is 5.73. The first-order valence-electron chi connectivity index (χ1n) is 12.3. The Hall–Kier alpha value is -1.16. The molecule has 3 aliphatic carbocycles. The van der Waals surface area contributed by atoms with E-state index in [1.807, 2.05) is 13.0 Å². The van der Waals surface area contributed by atoms with Crippen LogP contribution in [0, 0.1) is 29.1 Å². The summed E-state index contributed by atoms with van der Waals surface area (Å²) in [5.74, 6) is 1.87. The van der Waals surface area contributed by atoms with Gasteiger partial charge in [0.25, 0.3) is 0 Å². The molecule has 3 heteroatoms. The number of allylic oxidation sites excluding steroid dienone is 4. The molecule has 0 aromatic rings. The van der Waals surface area contributed by atoms with Crippen LogP contribution in [-0.4, -0.2) is 33.1 Å². The van der Waals surface area contributed by atoms with E-state index in [9.17, 15) is 15.3 Å². The number of aliphatic hydroxyl groups is 3. The Kier molecular flexibility index (Phi) is 7.40. The Morgan fingerprint density at radius 1 is 1.16 bits per heavy atom. The van der Waals surface area contributed by atoms with Crippen molar-refractivity contribution in [1.82, 2.24) is 0 Å². The van der Waals surface area contributed by atoms with Crippen molar-refractivity contribution in [3.63, 3.8) is 0 Å². The topological polar surface area (TPSA) is 60.7 Å². The largest absolute Gasteiger partial charge is 0.393 e. The molecule has 0 aromatic heterocycles. The summed E-state index contributed by atoms with van der Waals surface area (Å²) in [5.41, 5.74) is 2.82. The Morgan fingerprint density at radius 3 is 2.55 bits per heavy atom. The van der Waals surface area contributed by atoms with E-state index >= 15 is 0 Å². The number of hydrogen-bond donors (Lipinski definition) is 3. The second-order valence-electron chi connectivity index (χ2n) is 11.3. The molecule has 3 rings (SSSR count). The maximum absolute atomic E-state index is 10.6. The highest BCUT2D eigenvalue weighted by molar-refractivity contribution is 5.38. The van der Waals surface area contributed by atoms with E-state index in [0.717, 1.165) is 17.6 Å². The molecule has 0 saturated heterocycles. The van der Waals surface area contributed by atoms with Crippen LogP contribution in [-0.2, 0) is 0 Å². The summed E-state index contributed by atoms with van der Waals surface area (Å²) in [7, 11) is 0. The van der Waals surface area contributed by atoms with Gasteiger partial charge in [-0.25, -0.2) is 0 Å². The summed E-state index contributed by atoms with van der Waals surface area (Å²) < 4.78 is 0. The van der Waals surface area contributed by atoms with Crippen molar-refractivity contribution in [3.8, 4) is 0 Å². The number of hydrogen-bond acceptors (Lipinski definition) is 3. The molecular formula is C28H44O3. The molecule has 0 heterocycles. The Morgan fingerprint density at radius 2 is 1.87 bits per heavy atom. The molecule has 0 amide bonds. The van der Waals surface area contributed by atoms with Crippen molar-refractivity contribution >= 4 is 0 Å². The SMILES string of the molecule is C=C1/C(=C\C=C2\CCC[C@@]3(C)[C@@H]2CC[C@@H]3[C@H](C)/C=C/[C@@](C)(O)C(C)C)C[C@@H](O)C[C@@H]1O. The van der Waals surface area contributed by atoms with Crippen LogP contribution < -0.4 is 0 Å². The second kappa shape index (κ2) is 9.37. The monoisotopic (exact) mass is 428 g/mol. The van der Waals surface area contributed by atoms with Crippen LogP contribution in [0.2, 0.25) is 0 Å². The zero-order chi connectivity index (χ0) is 23.0. The predicted molar refractivity (Wildman–Crippen MR) is 128 cm³/mol. The van der Waals surface area contributed by atoms with Crippen molar-refractivity contribution in [2.45, 2.75) is 97.4 Å². The van der Waals surface area contributed by atoms with Crippen LogP contribution in [0.15, 0.2) is 47.6 Å². The first-order valence-corrected chi connectivity index (χ1v) is 12.3. The standard InChI is InChI=1S/C28H44O3/c1-18(2)28(6,31)15-13-19(3)24-11-12-25-21(8-7-14-27(24,25)5)9-10-22-16-23(29)17-26(30)20(22)4/h9-10,13,15,18-19,23-26,29-31H,4,7-8,11-12,14,16-17H2,1-3,5-6H3/b15-13+,21-9-,22-10-/t19-,23-,24-,25-,26+,27-,28-/m1/s1.